The predicted octanol–water partition coefficient (Wildman–Crippen LogP) is 2.56. The fraction of sp³-hybridized carbons (Fsp3) is 1.00. The number of rotatable bonds is 4. The molecule has 4 unspecified atom stereocenters. The van der Waals surface area contributed by atoms with Gasteiger partial charge in [0.1, 0.15) is 0 Å². The van der Waals surface area contributed by atoms with Crippen LogP contribution in [0, 0.1) is 17.8 Å². The lowest BCUT2D eigenvalue weighted by atomic mass is 9.74. The number of nitrogens with two attached hydrogens (primary N) is 1. The quantitative estimate of drug-likeness (QED) is 0.864. The molecule has 0 spiro atoms. The highest BCUT2D eigenvalue weighted by molar-refractivity contribution is 4.90. The van der Waals surface area contributed by atoms with Crippen LogP contribution in [0.3, 0.4) is 0 Å². The van der Waals surface area contributed by atoms with E-state index in [1.165, 1.54) is 71.2 Å². The zero-order valence-corrected chi connectivity index (χ0v) is 14.1. The number of hydrogen-bond acceptors (Lipinski definition) is 3. The molecule has 2 saturated heterocycles. The first-order valence-electron chi connectivity index (χ1n) is 9.35. The lowest BCUT2D eigenvalue weighted by Crippen LogP contribution is -2.44. The molecule has 3 heteroatoms. The first-order valence-corrected chi connectivity index (χ1v) is 9.35. The molecule has 3 nitrogen and oxygen atoms in total. The first-order chi connectivity index (χ1) is 10.1. The van der Waals surface area contributed by atoms with Gasteiger partial charge in [-0.25, -0.2) is 0 Å². The standard InChI is InChI=1S/C18H35N3/c1-14(2)15-5-6-18(19)16(11-15)12-20-10-7-17(13-20)21-8-3-4-9-21/h14-18H,3-13,19H2,1-2H3. The largest absolute Gasteiger partial charge is 0.327 e. The van der Waals surface area contributed by atoms with Crippen molar-refractivity contribution >= 4 is 0 Å². The number of hydrogen-bond donors (Lipinski definition) is 1. The van der Waals surface area contributed by atoms with Crippen molar-refractivity contribution in [3.63, 3.8) is 0 Å². The highest BCUT2D eigenvalue weighted by atomic mass is 15.3. The van der Waals surface area contributed by atoms with Crippen LogP contribution in [0.4, 0.5) is 0 Å². The predicted molar refractivity (Wildman–Crippen MR) is 89.3 cm³/mol. The monoisotopic (exact) mass is 293 g/mol. The Balaban J connectivity index is 1.49. The molecule has 2 aliphatic heterocycles. The van der Waals surface area contributed by atoms with Crippen molar-refractivity contribution in [3.05, 3.63) is 0 Å². The maximum Gasteiger partial charge on any atom is 0.0235 e. The van der Waals surface area contributed by atoms with Crippen LogP contribution >= 0.6 is 0 Å². The summed E-state index contributed by atoms with van der Waals surface area (Å²) >= 11 is 0. The van der Waals surface area contributed by atoms with Crippen LogP contribution in [0.25, 0.3) is 0 Å². The lowest BCUT2D eigenvalue weighted by molar-refractivity contribution is 0.143. The molecule has 0 aromatic carbocycles. The van der Waals surface area contributed by atoms with Crippen molar-refractivity contribution < 1.29 is 0 Å². The van der Waals surface area contributed by atoms with Crippen LogP contribution in [-0.2, 0) is 0 Å². The van der Waals surface area contributed by atoms with Crippen LogP contribution in [0.15, 0.2) is 0 Å². The minimum atomic E-state index is 0.450. The molecule has 2 N–H and O–H groups in total. The maximum atomic E-state index is 6.44. The molecule has 2 heterocycles. The Bertz CT molecular complexity index is 324. The molecule has 1 saturated carbocycles. The van der Waals surface area contributed by atoms with Gasteiger partial charge >= 0.3 is 0 Å². The molecule has 0 radical (unpaired) electrons. The molecule has 0 amide bonds. The second-order valence-electron chi connectivity index (χ2n) is 8.19. The lowest BCUT2D eigenvalue weighted by Gasteiger charge is -2.38. The average molecular weight is 293 g/mol. The van der Waals surface area contributed by atoms with Gasteiger partial charge in [-0.2, -0.15) is 0 Å². The molecule has 0 bridgehead atoms. The van der Waals surface area contributed by atoms with Crippen molar-refractivity contribution in [1.29, 1.82) is 0 Å². The van der Waals surface area contributed by atoms with Gasteiger partial charge in [0.15, 0.2) is 0 Å². The molecule has 122 valence electrons. The van der Waals surface area contributed by atoms with Crippen molar-refractivity contribution in [2.75, 3.05) is 32.7 Å². The summed E-state index contributed by atoms with van der Waals surface area (Å²) in [4.78, 5) is 5.45. The Morgan fingerprint density at radius 2 is 1.81 bits per heavy atom. The van der Waals surface area contributed by atoms with Crippen molar-refractivity contribution in [3.8, 4) is 0 Å². The van der Waals surface area contributed by atoms with E-state index < -0.39 is 0 Å². The van der Waals surface area contributed by atoms with E-state index in [-0.39, 0.29) is 0 Å². The van der Waals surface area contributed by atoms with Gasteiger partial charge in [-0.05, 0) is 75.9 Å². The first kappa shape index (κ1) is 15.8. The summed E-state index contributed by atoms with van der Waals surface area (Å²) in [6.07, 6.45) is 8.18. The van der Waals surface area contributed by atoms with Gasteiger partial charge in [-0.3, -0.25) is 4.90 Å². The van der Waals surface area contributed by atoms with Crippen LogP contribution in [0.1, 0.15) is 52.4 Å². The zero-order valence-electron chi connectivity index (χ0n) is 14.1. The van der Waals surface area contributed by atoms with E-state index in [2.05, 4.69) is 23.6 Å². The third kappa shape index (κ3) is 3.80. The minimum Gasteiger partial charge on any atom is -0.327 e. The van der Waals surface area contributed by atoms with E-state index in [4.69, 9.17) is 5.73 Å². The van der Waals surface area contributed by atoms with Gasteiger partial charge in [0.05, 0.1) is 0 Å². The van der Waals surface area contributed by atoms with Crippen molar-refractivity contribution in [2.24, 2.45) is 23.5 Å². The Labute approximate surface area is 131 Å². The summed E-state index contributed by atoms with van der Waals surface area (Å²) in [5, 5.41) is 0. The van der Waals surface area contributed by atoms with E-state index in [1.807, 2.05) is 0 Å². The summed E-state index contributed by atoms with van der Waals surface area (Å²) in [6.45, 7) is 11.3. The van der Waals surface area contributed by atoms with Gasteiger partial charge in [0, 0.05) is 25.2 Å². The normalized spacial score (nSPS) is 39.4. The third-order valence-electron chi connectivity index (χ3n) is 6.42. The van der Waals surface area contributed by atoms with Crippen molar-refractivity contribution in [2.45, 2.75) is 64.5 Å². The fourth-order valence-corrected chi connectivity index (χ4v) is 4.85. The molecule has 0 aromatic heterocycles. The second-order valence-corrected chi connectivity index (χ2v) is 8.19. The zero-order chi connectivity index (χ0) is 14.8. The van der Waals surface area contributed by atoms with Gasteiger partial charge in [0.25, 0.3) is 0 Å². The molecular formula is C18H35N3. The van der Waals surface area contributed by atoms with E-state index in [0.29, 0.717) is 6.04 Å². The van der Waals surface area contributed by atoms with E-state index in [9.17, 15) is 0 Å². The van der Waals surface area contributed by atoms with Crippen LogP contribution in [0.5, 0.6) is 0 Å². The molecule has 21 heavy (non-hydrogen) atoms. The minimum absolute atomic E-state index is 0.450. The van der Waals surface area contributed by atoms with Crippen molar-refractivity contribution in [1.82, 2.24) is 9.80 Å². The van der Waals surface area contributed by atoms with Gasteiger partial charge in [-0.15, -0.1) is 0 Å². The summed E-state index contributed by atoms with van der Waals surface area (Å²) in [5.41, 5.74) is 6.44. The molecule has 3 aliphatic rings. The second kappa shape index (κ2) is 6.97. The summed E-state index contributed by atoms with van der Waals surface area (Å²) in [7, 11) is 0. The Hall–Kier alpha value is -0.120. The maximum absolute atomic E-state index is 6.44. The highest BCUT2D eigenvalue weighted by Crippen LogP contribution is 2.34. The third-order valence-corrected chi connectivity index (χ3v) is 6.42. The Kier molecular flexibility index (Phi) is 5.23. The van der Waals surface area contributed by atoms with Gasteiger partial charge < -0.3 is 10.6 Å². The average Bonchev–Trinajstić information content (AvgIpc) is 3.11. The van der Waals surface area contributed by atoms with Crippen LogP contribution in [0.2, 0.25) is 0 Å². The number of likely N-dealkylation sites (tertiary alicyclic amines) is 2. The molecular weight excluding hydrogens is 258 g/mol. The topological polar surface area (TPSA) is 32.5 Å². The number of nitrogens with zero attached hydrogens (tertiary/aromatic N) is 2. The van der Waals surface area contributed by atoms with Crippen LogP contribution < -0.4 is 5.73 Å². The van der Waals surface area contributed by atoms with Gasteiger partial charge in [-0.1, -0.05) is 13.8 Å². The molecule has 1 aliphatic carbocycles. The Morgan fingerprint density at radius 1 is 1.05 bits per heavy atom. The summed E-state index contributed by atoms with van der Waals surface area (Å²) in [5.74, 6) is 2.48. The smallest absolute Gasteiger partial charge is 0.0235 e. The Morgan fingerprint density at radius 3 is 2.52 bits per heavy atom. The summed E-state index contributed by atoms with van der Waals surface area (Å²) in [6, 6.07) is 1.29. The van der Waals surface area contributed by atoms with E-state index >= 15 is 0 Å². The summed E-state index contributed by atoms with van der Waals surface area (Å²) < 4.78 is 0. The van der Waals surface area contributed by atoms with E-state index in [1.54, 1.807) is 0 Å². The van der Waals surface area contributed by atoms with Gasteiger partial charge in [0.2, 0.25) is 0 Å². The van der Waals surface area contributed by atoms with E-state index in [0.717, 1.165) is 23.8 Å². The molecule has 4 atom stereocenters. The van der Waals surface area contributed by atoms with Crippen LogP contribution in [-0.4, -0.2) is 54.6 Å². The fourth-order valence-electron chi connectivity index (χ4n) is 4.85. The molecule has 3 fully saturated rings. The highest BCUT2D eigenvalue weighted by Gasteiger charge is 2.34. The SMILES string of the molecule is CC(C)C1CCC(N)C(CN2CCC(N3CCCC3)C2)C1. The molecule has 0 aromatic rings. The molecule has 3 rings (SSSR count).